The van der Waals surface area contributed by atoms with Crippen LogP contribution in [0, 0.1) is 6.92 Å². The van der Waals surface area contributed by atoms with Crippen LogP contribution in [0.25, 0.3) is 0 Å². The summed E-state index contributed by atoms with van der Waals surface area (Å²) < 4.78 is 19.1. The highest BCUT2D eigenvalue weighted by molar-refractivity contribution is 9.10. The Labute approximate surface area is 205 Å². The van der Waals surface area contributed by atoms with E-state index in [-0.39, 0.29) is 19.9 Å². The molecule has 34 heavy (non-hydrogen) atoms. The van der Waals surface area contributed by atoms with E-state index < -0.39 is 42.6 Å². The van der Waals surface area contributed by atoms with Gasteiger partial charge in [0, 0.05) is 22.8 Å². The normalized spacial score (nSPS) is 13.0. The van der Waals surface area contributed by atoms with E-state index in [1.54, 1.807) is 31.2 Å². The number of benzene rings is 1. The number of unbranched alkanes of at least 4 members (excludes halogenated alkanes) is 1. The SMILES string of the molecule is CCCCOCCn1c(=O)c(C)cn(CO[C@H](CO)C(O)COC(=O)c2ccc(Br)cc2)c1=O. The molecule has 1 aromatic heterocycles. The Morgan fingerprint density at radius 1 is 1.18 bits per heavy atom. The Morgan fingerprint density at radius 3 is 2.53 bits per heavy atom. The molecular weight excluding hydrogens is 512 g/mol. The van der Waals surface area contributed by atoms with Crippen molar-refractivity contribution in [1.82, 2.24) is 9.13 Å². The monoisotopic (exact) mass is 542 g/mol. The summed E-state index contributed by atoms with van der Waals surface area (Å²) in [6, 6.07) is 6.50. The van der Waals surface area contributed by atoms with Gasteiger partial charge < -0.3 is 24.4 Å². The topological polar surface area (TPSA) is 129 Å². The van der Waals surface area contributed by atoms with Crippen LogP contribution in [0.3, 0.4) is 0 Å². The molecule has 2 atom stereocenters. The number of rotatable bonds is 14. The van der Waals surface area contributed by atoms with Crippen LogP contribution in [0.1, 0.15) is 35.7 Å². The van der Waals surface area contributed by atoms with Crippen LogP contribution in [-0.4, -0.2) is 64.0 Å². The molecule has 2 aromatic rings. The third-order valence-corrected chi connectivity index (χ3v) is 5.54. The number of ether oxygens (including phenoxy) is 3. The zero-order chi connectivity index (χ0) is 25.1. The molecule has 0 saturated heterocycles. The lowest BCUT2D eigenvalue weighted by Crippen LogP contribution is -2.43. The van der Waals surface area contributed by atoms with Crippen molar-refractivity contribution in [1.29, 1.82) is 0 Å². The molecule has 10 nitrogen and oxygen atoms in total. The van der Waals surface area contributed by atoms with E-state index in [1.165, 1.54) is 10.8 Å². The Kier molecular flexibility index (Phi) is 11.6. The standard InChI is InChI=1S/C23H31BrN2O8/c1-3-4-10-32-11-9-26-21(29)16(2)12-25(23(26)31)15-34-20(13-27)19(28)14-33-22(30)17-5-7-18(24)8-6-17/h5-8,12,19-20,27-28H,3-4,9-11,13-15H2,1-2H3/t19?,20-/m1/s1. The highest BCUT2D eigenvalue weighted by atomic mass is 79.9. The molecule has 0 amide bonds. The van der Waals surface area contributed by atoms with Gasteiger partial charge in [-0.3, -0.25) is 13.9 Å². The highest BCUT2D eigenvalue weighted by Gasteiger charge is 2.22. The lowest BCUT2D eigenvalue weighted by molar-refractivity contribution is -0.104. The van der Waals surface area contributed by atoms with Gasteiger partial charge in [-0.25, -0.2) is 9.59 Å². The van der Waals surface area contributed by atoms with E-state index in [9.17, 15) is 24.6 Å². The summed E-state index contributed by atoms with van der Waals surface area (Å²) in [4.78, 5) is 37.2. The lowest BCUT2D eigenvalue weighted by atomic mass is 10.2. The van der Waals surface area contributed by atoms with Crippen molar-refractivity contribution in [2.45, 2.75) is 52.2 Å². The first kappa shape index (κ1) is 27.9. The van der Waals surface area contributed by atoms with Crippen molar-refractivity contribution < 1.29 is 29.2 Å². The number of hydrogen-bond acceptors (Lipinski definition) is 8. The van der Waals surface area contributed by atoms with Crippen molar-refractivity contribution in [2.75, 3.05) is 26.4 Å². The van der Waals surface area contributed by atoms with E-state index in [1.807, 2.05) is 6.92 Å². The van der Waals surface area contributed by atoms with E-state index in [4.69, 9.17) is 14.2 Å². The smallest absolute Gasteiger partial charge is 0.338 e. The molecule has 0 fully saturated rings. The molecule has 1 aromatic carbocycles. The summed E-state index contributed by atoms with van der Waals surface area (Å²) in [5.74, 6) is -0.636. The summed E-state index contributed by atoms with van der Waals surface area (Å²) in [6.45, 7) is 3.18. The predicted octanol–water partition coefficient (Wildman–Crippen LogP) is 1.45. The average molecular weight is 543 g/mol. The number of esters is 1. The summed E-state index contributed by atoms with van der Waals surface area (Å²) in [5.41, 5.74) is -0.373. The molecular formula is C23H31BrN2O8. The molecule has 0 bridgehead atoms. The fraction of sp³-hybridized carbons (Fsp3) is 0.522. The highest BCUT2D eigenvalue weighted by Crippen LogP contribution is 2.12. The summed E-state index contributed by atoms with van der Waals surface area (Å²) >= 11 is 3.27. The van der Waals surface area contributed by atoms with Crippen molar-refractivity contribution in [3.8, 4) is 0 Å². The van der Waals surface area contributed by atoms with E-state index in [2.05, 4.69) is 15.9 Å². The molecule has 2 N–H and O–H groups in total. The van der Waals surface area contributed by atoms with Crippen molar-refractivity contribution in [3.05, 3.63) is 66.9 Å². The van der Waals surface area contributed by atoms with Gasteiger partial charge in [0.15, 0.2) is 0 Å². The van der Waals surface area contributed by atoms with Gasteiger partial charge in [-0.05, 0) is 37.6 Å². The number of carbonyl (C=O) groups excluding carboxylic acids is 1. The molecule has 11 heteroatoms. The average Bonchev–Trinajstić information content (AvgIpc) is 2.83. The summed E-state index contributed by atoms with van der Waals surface area (Å²) in [5, 5.41) is 19.9. The molecule has 188 valence electrons. The number of aromatic nitrogens is 2. The number of aliphatic hydroxyl groups excluding tert-OH is 2. The van der Waals surface area contributed by atoms with Crippen LogP contribution in [0.5, 0.6) is 0 Å². The summed E-state index contributed by atoms with van der Waals surface area (Å²) in [6.07, 6.45) is 0.773. The van der Waals surface area contributed by atoms with Crippen LogP contribution in [-0.2, 0) is 27.5 Å². The molecule has 0 spiro atoms. The Hall–Kier alpha value is -2.31. The zero-order valence-corrected chi connectivity index (χ0v) is 20.9. The van der Waals surface area contributed by atoms with Crippen molar-refractivity contribution in [2.24, 2.45) is 0 Å². The largest absolute Gasteiger partial charge is 0.459 e. The minimum absolute atomic E-state index is 0.0983. The Morgan fingerprint density at radius 2 is 1.88 bits per heavy atom. The lowest BCUT2D eigenvalue weighted by Gasteiger charge is -2.22. The van der Waals surface area contributed by atoms with Gasteiger partial charge >= 0.3 is 11.7 Å². The number of aliphatic hydroxyl groups is 2. The molecule has 0 saturated carbocycles. The first-order chi connectivity index (χ1) is 16.3. The van der Waals surface area contributed by atoms with Crippen LogP contribution < -0.4 is 11.2 Å². The van der Waals surface area contributed by atoms with Gasteiger partial charge in [0.1, 0.15) is 25.5 Å². The second kappa shape index (κ2) is 14.2. The minimum atomic E-state index is -1.33. The number of halogens is 1. The maximum Gasteiger partial charge on any atom is 0.338 e. The number of carbonyl (C=O) groups is 1. The van der Waals surface area contributed by atoms with Crippen LogP contribution in [0.4, 0.5) is 0 Å². The van der Waals surface area contributed by atoms with Crippen LogP contribution >= 0.6 is 15.9 Å². The quantitative estimate of drug-likeness (QED) is 0.271. The number of aryl methyl sites for hydroxylation is 1. The van der Waals surface area contributed by atoms with Crippen LogP contribution in [0.2, 0.25) is 0 Å². The van der Waals surface area contributed by atoms with Crippen LogP contribution in [0.15, 0.2) is 44.5 Å². The van der Waals surface area contributed by atoms with Crippen molar-refractivity contribution >= 4 is 21.9 Å². The zero-order valence-electron chi connectivity index (χ0n) is 19.3. The third-order valence-electron chi connectivity index (χ3n) is 5.01. The molecule has 0 aliphatic heterocycles. The first-order valence-electron chi connectivity index (χ1n) is 11.0. The second-order valence-electron chi connectivity index (χ2n) is 7.68. The minimum Gasteiger partial charge on any atom is -0.459 e. The van der Waals surface area contributed by atoms with Gasteiger partial charge in [0.05, 0.1) is 25.3 Å². The second-order valence-corrected chi connectivity index (χ2v) is 8.59. The third kappa shape index (κ3) is 8.17. The van der Waals surface area contributed by atoms with E-state index in [0.29, 0.717) is 17.7 Å². The number of nitrogens with zero attached hydrogens (tertiary/aromatic N) is 2. The fourth-order valence-electron chi connectivity index (χ4n) is 2.99. The molecule has 0 radical (unpaired) electrons. The fourth-order valence-corrected chi connectivity index (χ4v) is 3.26. The molecule has 0 aliphatic rings. The molecule has 1 unspecified atom stereocenters. The van der Waals surface area contributed by atoms with Gasteiger partial charge in [-0.2, -0.15) is 0 Å². The maximum absolute atomic E-state index is 12.7. The van der Waals surface area contributed by atoms with Gasteiger partial charge in [-0.15, -0.1) is 0 Å². The maximum atomic E-state index is 12.7. The molecule has 2 rings (SSSR count). The molecule has 0 aliphatic carbocycles. The van der Waals surface area contributed by atoms with E-state index in [0.717, 1.165) is 21.9 Å². The Balaban J connectivity index is 1.97. The first-order valence-corrected chi connectivity index (χ1v) is 11.8. The Bertz CT molecular complexity index is 1030. The van der Waals surface area contributed by atoms with Gasteiger partial charge in [-0.1, -0.05) is 29.3 Å². The van der Waals surface area contributed by atoms with Gasteiger partial charge in [0.25, 0.3) is 5.56 Å². The van der Waals surface area contributed by atoms with E-state index >= 15 is 0 Å². The van der Waals surface area contributed by atoms with Crippen molar-refractivity contribution in [3.63, 3.8) is 0 Å². The number of hydrogen-bond donors (Lipinski definition) is 2. The summed E-state index contributed by atoms with van der Waals surface area (Å²) in [7, 11) is 0. The molecule has 1 heterocycles. The predicted molar refractivity (Wildman–Crippen MR) is 128 cm³/mol. The van der Waals surface area contributed by atoms with Gasteiger partial charge in [0.2, 0.25) is 0 Å².